The molecule has 3 nitrogen and oxygen atoms in total. The van der Waals surface area contributed by atoms with Crippen LogP contribution in [-0.4, -0.2) is 47.5 Å². The number of aromatic nitrogens is 1. The van der Waals surface area contributed by atoms with Crippen molar-refractivity contribution in [1.29, 1.82) is 0 Å². The second-order valence-electron chi connectivity index (χ2n) is 4.79. The number of piperazine rings is 1. The summed E-state index contributed by atoms with van der Waals surface area (Å²) < 4.78 is 1.07. The number of hydrogen-bond acceptors (Lipinski definition) is 3. The molecule has 0 aliphatic carbocycles. The van der Waals surface area contributed by atoms with Crippen LogP contribution in [-0.2, 0) is 6.54 Å². The molecular weight excluding hydrogens is 278 g/mol. The maximum Gasteiger partial charge on any atom is 0.0410 e. The summed E-state index contributed by atoms with van der Waals surface area (Å²) in [6, 6.07) is 2.86. The first-order chi connectivity index (χ1) is 8.19. The number of rotatable bonds is 3. The average molecular weight is 298 g/mol. The first kappa shape index (κ1) is 13.0. The first-order valence-electron chi connectivity index (χ1n) is 6.21. The van der Waals surface area contributed by atoms with E-state index in [0.717, 1.165) is 17.6 Å². The molecule has 0 aromatic carbocycles. The minimum Gasteiger partial charge on any atom is -0.301 e. The van der Waals surface area contributed by atoms with Gasteiger partial charge in [0.15, 0.2) is 0 Å². The maximum atomic E-state index is 4.22. The van der Waals surface area contributed by atoms with Crippen molar-refractivity contribution >= 4 is 15.9 Å². The fourth-order valence-corrected chi connectivity index (χ4v) is 2.81. The van der Waals surface area contributed by atoms with Gasteiger partial charge >= 0.3 is 0 Å². The van der Waals surface area contributed by atoms with E-state index in [1.165, 1.54) is 25.1 Å². The standard InChI is InChI=1S/C13H20BrN3/c1-3-13-10-17(5-4-16(13)2)9-11-6-12(14)8-15-7-11/h6-8,13H,3-5,9-10H2,1-2H3. The zero-order chi connectivity index (χ0) is 12.3. The highest BCUT2D eigenvalue weighted by Crippen LogP contribution is 2.15. The normalized spacial score (nSPS) is 22.9. The Kier molecular flexibility index (Phi) is 4.54. The van der Waals surface area contributed by atoms with Crippen LogP contribution >= 0.6 is 15.9 Å². The molecule has 1 aliphatic rings. The second-order valence-corrected chi connectivity index (χ2v) is 5.70. The Morgan fingerprint density at radius 3 is 2.94 bits per heavy atom. The van der Waals surface area contributed by atoms with Crippen LogP contribution in [0.2, 0.25) is 0 Å². The fraction of sp³-hybridized carbons (Fsp3) is 0.615. The van der Waals surface area contributed by atoms with Gasteiger partial charge in [0.25, 0.3) is 0 Å². The number of halogens is 1. The highest BCUT2D eigenvalue weighted by molar-refractivity contribution is 9.10. The van der Waals surface area contributed by atoms with Crippen LogP contribution in [0.5, 0.6) is 0 Å². The summed E-state index contributed by atoms with van der Waals surface area (Å²) in [5, 5.41) is 0. The zero-order valence-electron chi connectivity index (χ0n) is 10.6. The Morgan fingerprint density at radius 1 is 1.41 bits per heavy atom. The Morgan fingerprint density at radius 2 is 2.24 bits per heavy atom. The van der Waals surface area contributed by atoms with E-state index in [1.807, 2.05) is 12.4 Å². The highest BCUT2D eigenvalue weighted by atomic mass is 79.9. The van der Waals surface area contributed by atoms with Gasteiger partial charge in [0.05, 0.1) is 0 Å². The van der Waals surface area contributed by atoms with Gasteiger partial charge in [0, 0.05) is 49.1 Å². The van der Waals surface area contributed by atoms with Gasteiger partial charge in [-0.25, -0.2) is 0 Å². The van der Waals surface area contributed by atoms with Gasteiger partial charge in [-0.1, -0.05) is 6.92 Å². The Balaban J connectivity index is 1.95. The lowest BCUT2D eigenvalue weighted by Gasteiger charge is -2.39. The number of pyridine rings is 1. The Hall–Kier alpha value is -0.450. The maximum absolute atomic E-state index is 4.22. The number of hydrogen-bond donors (Lipinski definition) is 0. The predicted octanol–water partition coefficient (Wildman–Crippen LogP) is 2.37. The van der Waals surface area contributed by atoms with Crippen LogP contribution in [0.1, 0.15) is 18.9 Å². The summed E-state index contributed by atoms with van der Waals surface area (Å²) in [5.74, 6) is 0. The van der Waals surface area contributed by atoms with Gasteiger partial charge in [0.1, 0.15) is 0 Å². The van der Waals surface area contributed by atoms with Gasteiger partial charge in [-0.15, -0.1) is 0 Å². The Bertz CT molecular complexity index is 369. The summed E-state index contributed by atoms with van der Waals surface area (Å²) in [7, 11) is 2.23. The van der Waals surface area contributed by atoms with E-state index in [2.05, 4.69) is 50.8 Å². The SMILES string of the molecule is CCC1CN(Cc2cncc(Br)c2)CCN1C. The van der Waals surface area contributed by atoms with Crippen molar-refractivity contribution in [3.63, 3.8) is 0 Å². The molecular formula is C13H20BrN3. The van der Waals surface area contributed by atoms with Crippen molar-refractivity contribution in [2.75, 3.05) is 26.7 Å². The highest BCUT2D eigenvalue weighted by Gasteiger charge is 2.22. The van der Waals surface area contributed by atoms with Crippen molar-refractivity contribution in [3.05, 3.63) is 28.5 Å². The van der Waals surface area contributed by atoms with E-state index in [9.17, 15) is 0 Å². The second kappa shape index (κ2) is 5.94. The molecule has 1 atom stereocenters. The van der Waals surface area contributed by atoms with E-state index in [1.54, 1.807) is 0 Å². The van der Waals surface area contributed by atoms with Crippen LogP contribution in [0.3, 0.4) is 0 Å². The van der Waals surface area contributed by atoms with Gasteiger partial charge < -0.3 is 4.90 Å². The van der Waals surface area contributed by atoms with Crippen LogP contribution < -0.4 is 0 Å². The molecule has 0 bridgehead atoms. The van der Waals surface area contributed by atoms with E-state index >= 15 is 0 Å². The number of likely N-dealkylation sites (N-methyl/N-ethyl adjacent to an activating group) is 1. The molecule has 1 aliphatic heterocycles. The largest absolute Gasteiger partial charge is 0.301 e. The molecule has 17 heavy (non-hydrogen) atoms. The third kappa shape index (κ3) is 3.50. The molecule has 1 unspecified atom stereocenters. The predicted molar refractivity (Wildman–Crippen MR) is 73.9 cm³/mol. The van der Waals surface area contributed by atoms with Gasteiger partial charge in [-0.3, -0.25) is 9.88 Å². The third-order valence-electron chi connectivity index (χ3n) is 3.50. The molecule has 2 rings (SSSR count). The van der Waals surface area contributed by atoms with Crippen molar-refractivity contribution in [2.45, 2.75) is 25.9 Å². The molecule has 0 N–H and O–H groups in total. The zero-order valence-corrected chi connectivity index (χ0v) is 12.2. The molecule has 0 saturated carbocycles. The van der Waals surface area contributed by atoms with Crippen LogP contribution in [0.25, 0.3) is 0 Å². The monoisotopic (exact) mass is 297 g/mol. The van der Waals surface area contributed by atoms with E-state index in [4.69, 9.17) is 0 Å². The minimum absolute atomic E-state index is 0.698. The van der Waals surface area contributed by atoms with Crippen molar-refractivity contribution in [1.82, 2.24) is 14.8 Å². The van der Waals surface area contributed by atoms with Crippen LogP contribution in [0.15, 0.2) is 22.9 Å². The van der Waals surface area contributed by atoms with Gasteiger partial charge in [-0.05, 0) is 41.0 Å². The van der Waals surface area contributed by atoms with Gasteiger partial charge in [0.2, 0.25) is 0 Å². The van der Waals surface area contributed by atoms with Gasteiger partial charge in [-0.2, -0.15) is 0 Å². The molecule has 1 aromatic rings. The smallest absolute Gasteiger partial charge is 0.0410 e. The summed E-state index contributed by atoms with van der Waals surface area (Å²) >= 11 is 3.47. The van der Waals surface area contributed by atoms with E-state index in [-0.39, 0.29) is 0 Å². The lowest BCUT2D eigenvalue weighted by Crippen LogP contribution is -2.50. The number of nitrogens with zero attached hydrogens (tertiary/aromatic N) is 3. The molecule has 0 spiro atoms. The topological polar surface area (TPSA) is 19.4 Å². The van der Waals surface area contributed by atoms with Crippen molar-refractivity contribution < 1.29 is 0 Å². The molecule has 1 fully saturated rings. The molecule has 1 aromatic heterocycles. The molecule has 4 heteroatoms. The lowest BCUT2D eigenvalue weighted by atomic mass is 10.1. The fourth-order valence-electron chi connectivity index (χ4n) is 2.40. The van der Waals surface area contributed by atoms with E-state index in [0.29, 0.717) is 6.04 Å². The molecule has 0 amide bonds. The summed E-state index contributed by atoms with van der Waals surface area (Å²) in [6.45, 7) is 6.76. The lowest BCUT2D eigenvalue weighted by molar-refractivity contribution is 0.0883. The molecule has 2 heterocycles. The summed E-state index contributed by atoms with van der Waals surface area (Å²) in [5.41, 5.74) is 1.29. The summed E-state index contributed by atoms with van der Waals surface area (Å²) in [4.78, 5) is 9.21. The first-order valence-corrected chi connectivity index (χ1v) is 7.00. The third-order valence-corrected chi connectivity index (χ3v) is 3.93. The summed E-state index contributed by atoms with van der Waals surface area (Å²) in [6.07, 6.45) is 5.02. The quantitative estimate of drug-likeness (QED) is 0.854. The molecule has 0 radical (unpaired) electrons. The van der Waals surface area contributed by atoms with Crippen molar-refractivity contribution in [2.24, 2.45) is 0 Å². The van der Waals surface area contributed by atoms with Crippen molar-refractivity contribution in [3.8, 4) is 0 Å². The molecule has 94 valence electrons. The molecule has 1 saturated heterocycles. The Labute approximate surface area is 112 Å². The average Bonchev–Trinajstić information content (AvgIpc) is 2.32. The minimum atomic E-state index is 0.698. The van der Waals surface area contributed by atoms with Crippen LogP contribution in [0.4, 0.5) is 0 Å². The van der Waals surface area contributed by atoms with E-state index < -0.39 is 0 Å². The van der Waals surface area contributed by atoms with Crippen LogP contribution in [0, 0.1) is 0 Å².